The smallest absolute Gasteiger partial charge is 0.238 e. The number of sulfone groups is 1. The van der Waals surface area contributed by atoms with Crippen LogP contribution in [0.15, 0.2) is 41.6 Å². The second-order valence-corrected chi connectivity index (χ2v) is 9.90. The maximum Gasteiger partial charge on any atom is 0.238 e. The van der Waals surface area contributed by atoms with Crippen molar-refractivity contribution >= 4 is 26.4 Å². The van der Waals surface area contributed by atoms with Gasteiger partial charge in [0.2, 0.25) is 5.88 Å². The highest BCUT2D eigenvalue weighted by Gasteiger charge is 2.20. The maximum absolute atomic E-state index is 12.2. The molecule has 2 heterocycles. The summed E-state index contributed by atoms with van der Waals surface area (Å²) in [5.41, 5.74) is 3.68. The molecule has 0 saturated heterocycles. The third kappa shape index (κ3) is 3.83. The van der Waals surface area contributed by atoms with Crippen LogP contribution in [0.25, 0.3) is 22.0 Å². The molecule has 4 rings (SSSR count). The Hall–Kier alpha value is -2.54. The van der Waals surface area contributed by atoms with Gasteiger partial charge in [0.05, 0.1) is 12.0 Å². The Morgan fingerprint density at radius 3 is 2.66 bits per heavy atom. The topological polar surface area (TPSA) is 73.2 Å². The van der Waals surface area contributed by atoms with Crippen LogP contribution in [0.2, 0.25) is 0 Å². The predicted molar refractivity (Wildman–Crippen MR) is 116 cm³/mol. The molecule has 0 atom stereocenters. The van der Waals surface area contributed by atoms with Crippen molar-refractivity contribution in [2.75, 3.05) is 25.2 Å². The Labute approximate surface area is 171 Å². The van der Waals surface area contributed by atoms with Gasteiger partial charge < -0.3 is 14.6 Å². The molecule has 2 aromatic heterocycles. The minimum absolute atomic E-state index is 0.317. The lowest BCUT2D eigenvalue weighted by Gasteiger charge is -2.16. The van der Waals surface area contributed by atoms with Crippen molar-refractivity contribution in [1.82, 2.24) is 9.55 Å². The zero-order chi connectivity index (χ0) is 20.6. The second kappa shape index (κ2) is 7.71. The standard InChI is InChI=1S/C22H27N3O3S/c1-25-14-19(17-10-11-23-22(28-2)21(17)25)18-12-16(29(3,26)27)8-9-20(18)24-13-15-6-4-5-7-15/h8-12,14-15,24H,4-7,13H2,1-3H3. The van der Waals surface area contributed by atoms with Crippen molar-refractivity contribution in [1.29, 1.82) is 0 Å². The van der Waals surface area contributed by atoms with E-state index in [1.165, 1.54) is 31.9 Å². The molecule has 7 heteroatoms. The van der Waals surface area contributed by atoms with Gasteiger partial charge in [-0.2, -0.15) is 0 Å². The van der Waals surface area contributed by atoms with Crippen molar-refractivity contribution in [3.8, 4) is 17.0 Å². The summed E-state index contributed by atoms with van der Waals surface area (Å²) in [4.78, 5) is 4.62. The molecule has 0 spiro atoms. The van der Waals surface area contributed by atoms with E-state index in [4.69, 9.17) is 4.74 Å². The summed E-state index contributed by atoms with van der Waals surface area (Å²) in [6.07, 6.45) is 10.1. The highest BCUT2D eigenvalue weighted by atomic mass is 32.2. The molecule has 1 saturated carbocycles. The normalized spacial score (nSPS) is 15.1. The van der Waals surface area contributed by atoms with Crippen LogP contribution in [0.5, 0.6) is 5.88 Å². The Morgan fingerprint density at radius 2 is 1.97 bits per heavy atom. The summed E-state index contributed by atoms with van der Waals surface area (Å²) in [6, 6.07) is 7.29. The van der Waals surface area contributed by atoms with E-state index in [-0.39, 0.29) is 0 Å². The fourth-order valence-corrected chi connectivity index (χ4v) is 4.93. The molecule has 3 aromatic rings. The first-order chi connectivity index (χ1) is 13.9. The summed E-state index contributed by atoms with van der Waals surface area (Å²) >= 11 is 0. The summed E-state index contributed by atoms with van der Waals surface area (Å²) in [6.45, 7) is 0.904. The fraction of sp³-hybridized carbons (Fsp3) is 0.409. The molecular formula is C22H27N3O3S. The van der Waals surface area contributed by atoms with Crippen LogP contribution in [0.1, 0.15) is 25.7 Å². The zero-order valence-corrected chi connectivity index (χ0v) is 17.9. The van der Waals surface area contributed by atoms with Crippen LogP contribution in [0, 0.1) is 5.92 Å². The predicted octanol–water partition coefficient (Wildman–Crippen LogP) is 4.25. The molecule has 1 fully saturated rings. The molecule has 1 aromatic carbocycles. The lowest BCUT2D eigenvalue weighted by molar-refractivity contribution is 0.401. The molecular weight excluding hydrogens is 386 g/mol. The average molecular weight is 414 g/mol. The van der Waals surface area contributed by atoms with E-state index in [0.717, 1.165) is 34.3 Å². The molecule has 1 aliphatic carbocycles. The van der Waals surface area contributed by atoms with Gasteiger partial charge in [-0.05, 0) is 43.0 Å². The molecule has 0 radical (unpaired) electrons. The molecule has 0 unspecified atom stereocenters. The average Bonchev–Trinajstić information content (AvgIpc) is 3.33. The Balaban J connectivity index is 1.85. The molecule has 6 nitrogen and oxygen atoms in total. The van der Waals surface area contributed by atoms with Gasteiger partial charge in [-0.3, -0.25) is 0 Å². The number of ether oxygens (including phenoxy) is 1. The van der Waals surface area contributed by atoms with E-state index in [9.17, 15) is 8.42 Å². The van der Waals surface area contributed by atoms with Crippen LogP contribution < -0.4 is 10.1 Å². The number of methoxy groups -OCH3 is 1. The summed E-state index contributed by atoms with van der Waals surface area (Å²) in [5, 5.41) is 4.56. The van der Waals surface area contributed by atoms with Crippen LogP contribution in [-0.2, 0) is 16.9 Å². The third-order valence-electron chi connectivity index (χ3n) is 5.81. The van der Waals surface area contributed by atoms with Crippen LogP contribution in [0.4, 0.5) is 5.69 Å². The quantitative estimate of drug-likeness (QED) is 0.654. The number of pyridine rings is 1. The van der Waals surface area contributed by atoms with Crippen molar-refractivity contribution in [2.24, 2.45) is 13.0 Å². The van der Waals surface area contributed by atoms with Crippen molar-refractivity contribution in [3.63, 3.8) is 0 Å². The second-order valence-electron chi connectivity index (χ2n) is 7.88. The van der Waals surface area contributed by atoms with E-state index < -0.39 is 9.84 Å². The third-order valence-corrected chi connectivity index (χ3v) is 6.93. The Kier molecular flexibility index (Phi) is 5.25. The minimum atomic E-state index is -3.31. The van der Waals surface area contributed by atoms with Gasteiger partial charge in [-0.25, -0.2) is 13.4 Å². The molecule has 0 aliphatic heterocycles. The number of benzene rings is 1. The largest absolute Gasteiger partial charge is 0.479 e. The van der Waals surface area contributed by atoms with Gasteiger partial charge in [-0.15, -0.1) is 0 Å². The summed E-state index contributed by atoms with van der Waals surface area (Å²) in [7, 11) is 0.239. The van der Waals surface area contributed by atoms with Crippen LogP contribution >= 0.6 is 0 Å². The number of aryl methyl sites for hydroxylation is 1. The van der Waals surface area contributed by atoms with Gasteiger partial charge in [0, 0.05) is 54.4 Å². The van der Waals surface area contributed by atoms with Crippen LogP contribution in [-0.4, -0.2) is 37.9 Å². The van der Waals surface area contributed by atoms with E-state index in [0.29, 0.717) is 16.7 Å². The number of nitrogens with one attached hydrogen (secondary N) is 1. The fourth-order valence-electron chi connectivity index (χ4n) is 4.28. The van der Waals surface area contributed by atoms with E-state index in [1.54, 1.807) is 25.4 Å². The van der Waals surface area contributed by atoms with Gasteiger partial charge in [-0.1, -0.05) is 12.8 Å². The molecule has 1 aliphatic rings. The molecule has 1 N–H and O–H groups in total. The van der Waals surface area contributed by atoms with E-state index in [2.05, 4.69) is 10.3 Å². The summed E-state index contributed by atoms with van der Waals surface area (Å²) in [5.74, 6) is 1.23. The first-order valence-corrected chi connectivity index (χ1v) is 11.8. The van der Waals surface area contributed by atoms with Crippen molar-refractivity contribution < 1.29 is 13.2 Å². The molecule has 154 valence electrons. The van der Waals surface area contributed by atoms with Gasteiger partial charge in [0.25, 0.3) is 0 Å². The minimum Gasteiger partial charge on any atom is -0.479 e. The molecule has 0 bridgehead atoms. The van der Waals surface area contributed by atoms with Gasteiger partial charge in [0.15, 0.2) is 9.84 Å². The van der Waals surface area contributed by atoms with E-state index in [1.807, 2.05) is 29.9 Å². The lowest BCUT2D eigenvalue weighted by atomic mass is 10.0. The monoisotopic (exact) mass is 413 g/mol. The highest BCUT2D eigenvalue weighted by molar-refractivity contribution is 7.90. The number of aromatic nitrogens is 2. The Morgan fingerprint density at radius 1 is 1.21 bits per heavy atom. The van der Waals surface area contributed by atoms with Crippen molar-refractivity contribution in [3.05, 3.63) is 36.7 Å². The van der Waals surface area contributed by atoms with E-state index >= 15 is 0 Å². The number of rotatable bonds is 6. The SMILES string of the molecule is COc1nccc2c(-c3cc(S(C)(=O)=O)ccc3NCC3CCCC3)cn(C)c12. The summed E-state index contributed by atoms with van der Waals surface area (Å²) < 4.78 is 31.8. The number of hydrogen-bond donors (Lipinski definition) is 1. The Bertz CT molecular complexity index is 1150. The molecule has 29 heavy (non-hydrogen) atoms. The number of nitrogens with zero attached hydrogens (tertiary/aromatic N) is 2. The lowest BCUT2D eigenvalue weighted by Crippen LogP contribution is -2.12. The maximum atomic E-state index is 12.2. The first-order valence-electron chi connectivity index (χ1n) is 9.95. The number of fused-ring (bicyclic) bond motifs is 1. The van der Waals surface area contributed by atoms with Crippen LogP contribution in [0.3, 0.4) is 0 Å². The number of anilines is 1. The van der Waals surface area contributed by atoms with Gasteiger partial charge in [0.1, 0.15) is 5.52 Å². The van der Waals surface area contributed by atoms with Crippen molar-refractivity contribution in [2.45, 2.75) is 30.6 Å². The highest BCUT2D eigenvalue weighted by Crippen LogP contribution is 2.39. The molecule has 0 amide bonds. The zero-order valence-electron chi connectivity index (χ0n) is 17.1. The first kappa shape index (κ1) is 19.8. The van der Waals surface area contributed by atoms with Gasteiger partial charge >= 0.3 is 0 Å². The number of hydrogen-bond acceptors (Lipinski definition) is 5.